The number of ether oxygens (including phenoxy) is 2. The molecule has 3 heterocycles. The lowest BCUT2D eigenvalue weighted by Gasteiger charge is -2.53. The fourth-order valence-corrected chi connectivity index (χ4v) is 7.21. The number of oxazole rings is 1. The molecule has 5 fully saturated rings. The number of benzene rings is 1. The third-order valence-corrected chi connectivity index (χ3v) is 10.1. The van der Waals surface area contributed by atoms with Gasteiger partial charge in [0.15, 0.2) is 5.82 Å². The fourth-order valence-electron chi connectivity index (χ4n) is 7.21. The second kappa shape index (κ2) is 11.0. The summed E-state index contributed by atoms with van der Waals surface area (Å²) in [5, 5.41) is 4.33. The number of anilines is 1. The first-order valence-corrected chi connectivity index (χ1v) is 15.3. The number of amides is 1. The summed E-state index contributed by atoms with van der Waals surface area (Å²) < 4.78 is 22.4. The van der Waals surface area contributed by atoms with E-state index in [2.05, 4.69) is 27.2 Å². The van der Waals surface area contributed by atoms with Gasteiger partial charge in [-0.05, 0) is 93.7 Å². The number of hydrogen-bond acceptors (Lipinski definition) is 8. The summed E-state index contributed by atoms with van der Waals surface area (Å²) in [5.41, 5.74) is 2.62. The van der Waals surface area contributed by atoms with Gasteiger partial charge in [0.1, 0.15) is 12.0 Å². The Morgan fingerprint density at radius 3 is 2.56 bits per heavy atom. The first-order valence-electron chi connectivity index (χ1n) is 15.3. The van der Waals surface area contributed by atoms with E-state index in [0.29, 0.717) is 30.8 Å². The van der Waals surface area contributed by atoms with Crippen LogP contribution >= 0.6 is 0 Å². The molecule has 4 aliphatic carbocycles. The van der Waals surface area contributed by atoms with Crippen LogP contribution in [0.25, 0.3) is 11.5 Å². The van der Waals surface area contributed by atoms with Crippen LogP contribution in [0.2, 0.25) is 0 Å². The summed E-state index contributed by atoms with van der Waals surface area (Å²) in [6.45, 7) is 2.61. The van der Waals surface area contributed by atoms with Crippen LogP contribution in [0.4, 0.5) is 5.69 Å². The first-order chi connectivity index (χ1) is 20.0. The molecule has 0 radical (unpaired) electrons. The largest absolute Gasteiger partial charge is 0.444 e. The molecule has 2 bridgehead atoms. The van der Waals surface area contributed by atoms with Crippen LogP contribution in [0.15, 0.2) is 39.5 Å². The van der Waals surface area contributed by atoms with Crippen molar-refractivity contribution in [3.63, 3.8) is 0 Å². The molecule has 3 aromatic rings. The Kier molecular flexibility index (Phi) is 7.19. The summed E-state index contributed by atoms with van der Waals surface area (Å²) in [7, 11) is 1.64. The third kappa shape index (κ3) is 5.46. The maximum absolute atomic E-state index is 14.0. The highest BCUT2D eigenvalue weighted by Gasteiger charge is 2.53. The lowest BCUT2D eigenvalue weighted by atomic mass is 9.53. The number of nitrogens with zero attached hydrogens (tertiary/aromatic N) is 4. The summed E-state index contributed by atoms with van der Waals surface area (Å²) >= 11 is 0. The van der Waals surface area contributed by atoms with Gasteiger partial charge in [0.2, 0.25) is 17.7 Å². The zero-order valence-corrected chi connectivity index (χ0v) is 24.0. The molecule has 1 amide bonds. The van der Waals surface area contributed by atoms with Gasteiger partial charge in [0.05, 0.1) is 6.61 Å². The predicted molar refractivity (Wildman–Crippen MR) is 151 cm³/mol. The average Bonchev–Trinajstić information content (AvgIpc) is 3.54. The van der Waals surface area contributed by atoms with Gasteiger partial charge in [-0.1, -0.05) is 11.2 Å². The van der Waals surface area contributed by atoms with E-state index in [9.17, 15) is 4.79 Å². The molecular formula is C32H40N4O5. The van der Waals surface area contributed by atoms with Crippen LogP contribution in [0.5, 0.6) is 0 Å². The zero-order valence-electron chi connectivity index (χ0n) is 24.0. The van der Waals surface area contributed by atoms with Crippen LogP contribution in [0, 0.1) is 11.3 Å². The van der Waals surface area contributed by atoms with Crippen molar-refractivity contribution in [3.05, 3.63) is 47.9 Å². The van der Waals surface area contributed by atoms with Gasteiger partial charge in [-0.3, -0.25) is 4.79 Å². The van der Waals surface area contributed by atoms with E-state index in [1.165, 1.54) is 12.8 Å². The summed E-state index contributed by atoms with van der Waals surface area (Å²) in [4.78, 5) is 25.6. The monoisotopic (exact) mass is 560 g/mol. The first kappa shape index (κ1) is 26.8. The molecule has 1 saturated heterocycles. The molecule has 0 atom stereocenters. The standard InChI is InChI=1S/C32H40N4O5/c1-38-19-25-20-40-29(33-25)24-3-2-4-26(18-24)36(27(37)17-22-7-15-39-16-8-22)21-31-9-12-32(13-10-31,14-11-31)30-34-28(35-41-30)23-5-6-23/h2-4,18,20,22-23H,5-17,19,21H2,1H3. The van der Waals surface area contributed by atoms with Crippen molar-refractivity contribution in [1.82, 2.24) is 15.1 Å². The smallest absolute Gasteiger partial charge is 0.232 e. The molecule has 8 rings (SSSR count). The van der Waals surface area contributed by atoms with Crippen LogP contribution in [0.1, 0.15) is 94.0 Å². The van der Waals surface area contributed by atoms with Gasteiger partial charge in [-0.25, -0.2) is 4.98 Å². The number of aromatic nitrogens is 3. The number of hydrogen-bond donors (Lipinski definition) is 0. The van der Waals surface area contributed by atoms with Gasteiger partial charge in [-0.2, -0.15) is 4.98 Å². The molecule has 2 aromatic heterocycles. The van der Waals surface area contributed by atoms with E-state index in [1.807, 2.05) is 12.1 Å². The van der Waals surface area contributed by atoms with Crippen LogP contribution in [-0.2, 0) is 26.3 Å². The second-order valence-electron chi connectivity index (χ2n) is 12.9. The maximum Gasteiger partial charge on any atom is 0.232 e. The number of carbonyl (C=O) groups excluding carboxylic acids is 1. The minimum atomic E-state index is 0.00358. The molecule has 41 heavy (non-hydrogen) atoms. The van der Waals surface area contributed by atoms with E-state index in [-0.39, 0.29) is 16.7 Å². The quantitative estimate of drug-likeness (QED) is 0.289. The molecule has 1 aromatic carbocycles. The third-order valence-electron chi connectivity index (χ3n) is 10.1. The number of fused-ring (bicyclic) bond motifs is 3. The Morgan fingerprint density at radius 2 is 1.83 bits per heavy atom. The van der Waals surface area contributed by atoms with Crippen LogP contribution in [0.3, 0.4) is 0 Å². The van der Waals surface area contributed by atoms with Gasteiger partial charge in [-0.15, -0.1) is 0 Å². The van der Waals surface area contributed by atoms with Crippen molar-refractivity contribution in [2.45, 2.75) is 88.6 Å². The Morgan fingerprint density at radius 1 is 1.05 bits per heavy atom. The van der Waals surface area contributed by atoms with Crippen molar-refractivity contribution in [1.29, 1.82) is 0 Å². The van der Waals surface area contributed by atoms with Crippen LogP contribution in [-0.4, -0.2) is 47.9 Å². The van der Waals surface area contributed by atoms with Crippen molar-refractivity contribution in [3.8, 4) is 11.5 Å². The summed E-state index contributed by atoms with van der Waals surface area (Å²) in [6, 6.07) is 8.09. The molecule has 0 spiro atoms. The van der Waals surface area contributed by atoms with E-state index < -0.39 is 0 Å². The lowest BCUT2D eigenvalue weighted by molar-refractivity contribution is -0.121. The summed E-state index contributed by atoms with van der Waals surface area (Å²) in [5.74, 6) is 3.37. The van der Waals surface area contributed by atoms with Crippen molar-refractivity contribution >= 4 is 11.6 Å². The molecular weight excluding hydrogens is 520 g/mol. The molecule has 9 heteroatoms. The summed E-state index contributed by atoms with van der Waals surface area (Å²) in [6.07, 6.45) is 12.7. The lowest BCUT2D eigenvalue weighted by Crippen LogP contribution is -2.51. The van der Waals surface area contributed by atoms with E-state index >= 15 is 0 Å². The molecule has 4 saturated carbocycles. The Balaban J connectivity index is 1.12. The molecule has 9 nitrogen and oxygen atoms in total. The minimum Gasteiger partial charge on any atom is -0.444 e. The van der Waals surface area contributed by atoms with E-state index in [4.69, 9.17) is 23.4 Å². The van der Waals surface area contributed by atoms with Gasteiger partial charge in [0.25, 0.3) is 0 Å². The normalized spacial score (nSPS) is 26.4. The van der Waals surface area contributed by atoms with Crippen molar-refractivity contribution in [2.24, 2.45) is 11.3 Å². The highest BCUT2D eigenvalue weighted by molar-refractivity contribution is 5.94. The maximum atomic E-state index is 14.0. The highest BCUT2D eigenvalue weighted by Crippen LogP contribution is 2.58. The molecule has 0 N–H and O–H groups in total. The Bertz CT molecular complexity index is 1350. The fraction of sp³-hybridized carbons (Fsp3) is 0.625. The SMILES string of the molecule is COCc1coc(-c2cccc(N(CC34CCC(c5nc(C6CC6)no5)(CC3)CC4)C(=O)CC3CCOCC3)c2)n1. The van der Waals surface area contributed by atoms with E-state index in [0.717, 1.165) is 99.8 Å². The van der Waals surface area contributed by atoms with Gasteiger partial charge in [0, 0.05) is 55.9 Å². The topological polar surface area (TPSA) is 104 Å². The van der Waals surface area contributed by atoms with Gasteiger partial charge >= 0.3 is 0 Å². The van der Waals surface area contributed by atoms with Gasteiger partial charge < -0.3 is 23.3 Å². The second-order valence-corrected chi connectivity index (χ2v) is 12.9. The Hall–Kier alpha value is -3.04. The number of methoxy groups -OCH3 is 1. The highest BCUT2D eigenvalue weighted by atomic mass is 16.5. The van der Waals surface area contributed by atoms with Crippen molar-refractivity contribution < 1.29 is 23.2 Å². The Labute approximate surface area is 241 Å². The van der Waals surface area contributed by atoms with E-state index in [1.54, 1.807) is 13.4 Å². The molecule has 5 aliphatic rings. The van der Waals surface area contributed by atoms with Crippen molar-refractivity contribution in [2.75, 3.05) is 31.8 Å². The zero-order chi connectivity index (χ0) is 27.9. The molecule has 0 unspecified atom stereocenters. The molecule has 1 aliphatic heterocycles. The number of carbonyl (C=O) groups is 1. The molecule has 218 valence electrons. The average molecular weight is 561 g/mol. The number of rotatable bonds is 10. The minimum absolute atomic E-state index is 0.00358. The van der Waals surface area contributed by atoms with Crippen LogP contribution < -0.4 is 4.90 Å². The predicted octanol–water partition coefficient (Wildman–Crippen LogP) is 6.19.